The van der Waals surface area contributed by atoms with Gasteiger partial charge in [0.2, 0.25) is 0 Å². The molecule has 0 fully saturated rings. The zero-order valence-electron chi connectivity index (χ0n) is 4.94. The van der Waals surface area contributed by atoms with Crippen molar-refractivity contribution >= 4 is 58.2 Å². The third-order valence-electron chi connectivity index (χ3n) is 0.707. The lowest BCUT2D eigenvalue weighted by molar-refractivity contribution is 0.884. The van der Waals surface area contributed by atoms with Gasteiger partial charge < -0.3 is 0 Å². The topological polar surface area (TPSA) is 0 Å². The van der Waals surface area contributed by atoms with Crippen LogP contribution in [0.15, 0.2) is 0 Å². The van der Waals surface area contributed by atoms with Crippen molar-refractivity contribution in [3.8, 4) is 0 Å². The second-order valence-corrected chi connectivity index (χ2v) is 2.35. The maximum Gasteiger partial charge on any atom is 0.00279 e. The molecule has 0 aromatic heterocycles. The zero-order valence-corrected chi connectivity index (χ0v) is 11.6. The van der Waals surface area contributed by atoms with Gasteiger partial charge in [0.15, 0.2) is 0 Å². The number of rotatable bonds is 2. The van der Waals surface area contributed by atoms with Gasteiger partial charge in [0.1, 0.15) is 0 Å². The van der Waals surface area contributed by atoms with Crippen molar-refractivity contribution in [2.45, 2.75) is 25.8 Å². The Morgan fingerprint density at radius 2 is 1.71 bits per heavy atom. The summed E-state index contributed by atoms with van der Waals surface area (Å²) in [6, 6.07) is 1.48. The predicted octanol–water partition coefficient (Wildman–Crippen LogP) is 1.81. The van der Waals surface area contributed by atoms with Crippen LogP contribution < -0.4 is 0 Å². The summed E-state index contributed by atoms with van der Waals surface area (Å²) in [5, 5.41) is 0. The third-order valence-corrected chi connectivity index (χ3v) is 1.41. The van der Waals surface area contributed by atoms with Gasteiger partial charge in [-0.1, -0.05) is 25.8 Å². The standard InChI is InChI=1S/C4H12Si.2HI/c1-2-3-4-5;;/h2-4H2,1,5H3;2*1H. The molecule has 0 rings (SSSR count). The number of halogens is 2. The Morgan fingerprint density at radius 1 is 1.29 bits per heavy atom. The van der Waals surface area contributed by atoms with E-state index in [0.29, 0.717) is 0 Å². The molecule has 0 aliphatic rings. The molecule has 0 N–H and O–H groups in total. The lowest BCUT2D eigenvalue weighted by atomic mass is 10.4. The van der Waals surface area contributed by atoms with Crippen LogP contribution in [-0.2, 0) is 0 Å². The first-order valence-corrected chi connectivity index (χ1v) is 3.83. The highest BCUT2D eigenvalue weighted by Crippen LogP contribution is 1.86. The smallest absolute Gasteiger partial charge is 0.00279 e. The fourth-order valence-electron chi connectivity index (χ4n) is 0.354. The number of hydrogen-bond acceptors (Lipinski definition) is 0. The molecule has 0 aromatic rings. The van der Waals surface area contributed by atoms with Gasteiger partial charge in [0.25, 0.3) is 0 Å². The van der Waals surface area contributed by atoms with Crippen molar-refractivity contribution in [3.63, 3.8) is 0 Å². The van der Waals surface area contributed by atoms with Crippen LogP contribution in [0.1, 0.15) is 19.8 Å². The molecule has 0 aromatic carbocycles. The predicted molar refractivity (Wildman–Crippen MR) is 60.5 cm³/mol. The quantitative estimate of drug-likeness (QED) is 0.530. The van der Waals surface area contributed by atoms with E-state index in [1.807, 2.05) is 0 Å². The van der Waals surface area contributed by atoms with Crippen LogP contribution in [0.25, 0.3) is 0 Å². The first-order valence-electron chi connectivity index (χ1n) is 2.41. The molecule has 0 unspecified atom stereocenters. The van der Waals surface area contributed by atoms with Crippen molar-refractivity contribution in [1.82, 2.24) is 0 Å². The maximum absolute atomic E-state index is 2.23. The van der Waals surface area contributed by atoms with Crippen LogP contribution >= 0.6 is 48.0 Å². The Labute approximate surface area is 83.3 Å². The van der Waals surface area contributed by atoms with E-state index in [2.05, 4.69) is 6.92 Å². The molecule has 0 aliphatic heterocycles. The Kier molecular flexibility index (Phi) is 35.5. The van der Waals surface area contributed by atoms with Crippen LogP contribution in [0, 0.1) is 0 Å². The van der Waals surface area contributed by atoms with Gasteiger partial charge in [-0.15, -0.1) is 48.0 Å². The molecule has 0 heterocycles. The molecule has 0 atom stereocenters. The molecular weight excluding hydrogens is 330 g/mol. The molecule has 0 saturated heterocycles. The highest BCUT2D eigenvalue weighted by molar-refractivity contribution is 14.0. The Morgan fingerprint density at radius 3 is 1.71 bits per heavy atom. The normalized spacial score (nSPS) is 6.43. The first-order chi connectivity index (χ1) is 2.41. The van der Waals surface area contributed by atoms with E-state index in [1.165, 1.54) is 29.1 Å². The minimum Gasteiger partial charge on any atom is -0.107 e. The molecule has 0 aliphatic carbocycles. The van der Waals surface area contributed by atoms with Crippen molar-refractivity contribution in [2.24, 2.45) is 0 Å². The van der Waals surface area contributed by atoms with Gasteiger partial charge in [-0.3, -0.25) is 0 Å². The van der Waals surface area contributed by atoms with Crippen molar-refractivity contribution in [1.29, 1.82) is 0 Å². The average molecular weight is 344 g/mol. The highest BCUT2D eigenvalue weighted by atomic mass is 127. The first kappa shape index (κ1) is 15.9. The Bertz CT molecular complexity index is 17.2. The van der Waals surface area contributed by atoms with Gasteiger partial charge in [0.05, 0.1) is 0 Å². The zero-order chi connectivity index (χ0) is 4.12. The van der Waals surface area contributed by atoms with E-state index in [-0.39, 0.29) is 48.0 Å². The third kappa shape index (κ3) is 18.3. The van der Waals surface area contributed by atoms with Crippen molar-refractivity contribution in [3.05, 3.63) is 0 Å². The fraction of sp³-hybridized carbons (Fsp3) is 1.00. The second-order valence-electron chi connectivity index (χ2n) is 1.35. The number of hydrogen-bond donors (Lipinski definition) is 0. The SMILES string of the molecule is CCCC[SiH3].I.I. The summed E-state index contributed by atoms with van der Waals surface area (Å²) in [7, 11) is 1.40. The van der Waals surface area contributed by atoms with Crippen molar-refractivity contribution in [2.75, 3.05) is 0 Å². The molecule has 0 spiro atoms. The van der Waals surface area contributed by atoms with Crippen LogP contribution in [-0.4, -0.2) is 10.2 Å². The molecule has 0 nitrogen and oxygen atoms in total. The molecule has 0 amide bonds. The van der Waals surface area contributed by atoms with Crippen LogP contribution in [0.3, 0.4) is 0 Å². The maximum atomic E-state index is 2.23. The van der Waals surface area contributed by atoms with Gasteiger partial charge in [-0.2, -0.15) is 0 Å². The summed E-state index contributed by atoms with van der Waals surface area (Å²) >= 11 is 0. The second kappa shape index (κ2) is 15.6. The molecule has 3 heteroatoms. The summed E-state index contributed by atoms with van der Waals surface area (Å²) < 4.78 is 0. The monoisotopic (exact) mass is 344 g/mol. The highest BCUT2D eigenvalue weighted by Gasteiger charge is 1.68. The van der Waals surface area contributed by atoms with E-state index in [4.69, 9.17) is 0 Å². The largest absolute Gasteiger partial charge is 0.107 e. The molecule has 0 saturated carbocycles. The summed E-state index contributed by atoms with van der Waals surface area (Å²) in [5.74, 6) is 0. The van der Waals surface area contributed by atoms with Crippen molar-refractivity contribution < 1.29 is 0 Å². The minimum absolute atomic E-state index is 0. The van der Waals surface area contributed by atoms with Gasteiger partial charge in [0, 0.05) is 10.2 Å². The summed E-state index contributed by atoms with van der Waals surface area (Å²) in [5.41, 5.74) is 0. The Balaban J connectivity index is -0.0000000800. The van der Waals surface area contributed by atoms with E-state index < -0.39 is 0 Å². The summed E-state index contributed by atoms with van der Waals surface area (Å²) in [6.07, 6.45) is 2.83. The van der Waals surface area contributed by atoms with Gasteiger partial charge in [-0.25, -0.2) is 0 Å². The van der Waals surface area contributed by atoms with Gasteiger partial charge >= 0.3 is 0 Å². The summed E-state index contributed by atoms with van der Waals surface area (Å²) in [4.78, 5) is 0. The summed E-state index contributed by atoms with van der Waals surface area (Å²) in [6.45, 7) is 2.23. The Hall–Kier alpha value is 1.68. The van der Waals surface area contributed by atoms with Crippen LogP contribution in [0.2, 0.25) is 6.04 Å². The molecule has 7 heavy (non-hydrogen) atoms. The van der Waals surface area contributed by atoms with Gasteiger partial charge in [-0.05, 0) is 0 Å². The molecule has 0 radical (unpaired) electrons. The molecule has 48 valence electrons. The van der Waals surface area contributed by atoms with E-state index in [0.717, 1.165) is 0 Å². The molecule has 0 bridgehead atoms. The lowest BCUT2D eigenvalue weighted by Gasteiger charge is -1.79. The van der Waals surface area contributed by atoms with Crippen LogP contribution in [0.4, 0.5) is 0 Å². The lowest BCUT2D eigenvalue weighted by Crippen LogP contribution is -1.63. The van der Waals surface area contributed by atoms with E-state index in [9.17, 15) is 0 Å². The van der Waals surface area contributed by atoms with E-state index in [1.54, 1.807) is 0 Å². The fourth-order valence-corrected chi connectivity index (χ4v) is 1.06. The minimum atomic E-state index is 0. The number of unbranched alkanes of at least 4 members (excludes halogenated alkanes) is 1. The van der Waals surface area contributed by atoms with Crippen LogP contribution in [0.5, 0.6) is 0 Å². The molecular formula is C4H14I2Si. The average Bonchev–Trinajstić information content (AvgIpc) is 1.41. The van der Waals surface area contributed by atoms with E-state index >= 15 is 0 Å².